The van der Waals surface area contributed by atoms with Crippen LogP contribution in [0, 0.1) is 5.92 Å². The van der Waals surface area contributed by atoms with Crippen LogP contribution in [0.4, 0.5) is 0 Å². The molecule has 18 heavy (non-hydrogen) atoms. The Labute approximate surface area is 109 Å². The van der Waals surface area contributed by atoms with Gasteiger partial charge in [0.1, 0.15) is 5.75 Å². The standard InChI is InChI=1S/C12H23NO4S/c1-2-17-12(14)9-18(15,16)8-11(13)10-6-4-3-5-7-10/h10-11H,2-9,13H2,1H3. The van der Waals surface area contributed by atoms with Crippen LogP contribution in [-0.4, -0.2) is 38.5 Å². The normalized spacial score (nSPS) is 19.4. The van der Waals surface area contributed by atoms with Gasteiger partial charge in [-0.05, 0) is 25.7 Å². The second-order valence-electron chi connectivity index (χ2n) is 4.92. The molecule has 5 nitrogen and oxygen atoms in total. The molecular formula is C12H23NO4S. The maximum atomic E-state index is 11.8. The second kappa shape index (κ2) is 7.09. The summed E-state index contributed by atoms with van der Waals surface area (Å²) in [5, 5.41) is 0. The van der Waals surface area contributed by atoms with E-state index in [9.17, 15) is 13.2 Å². The second-order valence-corrected chi connectivity index (χ2v) is 7.03. The first-order valence-corrected chi connectivity index (χ1v) is 8.38. The van der Waals surface area contributed by atoms with Gasteiger partial charge < -0.3 is 10.5 Å². The molecule has 106 valence electrons. The summed E-state index contributed by atoms with van der Waals surface area (Å²) < 4.78 is 28.2. The number of hydrogen-bond acceptors (Lipinski definition) is 5. The van der Waals surface area contributed by atoms with Crippen molar-refractivity contribution in [1.82, 2.24) is 0 Å². The lowest BCUT2D eigenvalue weighted by Crippen LogP contribution is -2.39. The number of nitrogens with two attached hydrogens (primary N) is 1. The van der Waals surface area contributed by atoms with Gasteiger partial charge in [0.15, 0.2) is 9.84 Å². The van der Waals surface area contributed by atoms with Gasteiger partial charge in [-0.1, -0.05) is 19.3 Å². The molecule has 0 aromatic carbocycles. The summed E-state index contributed by atoms with van der Waals surface area (Å²) in [7, 11) is -3.45. The van der Waals surface area contributed by atoms with Crippen molar-refractivity contribution < 1.29 is 17.9 Å². The molecule has 2 N–H and O–H groups in total. The third-order valence-corrected chi connectivity index (χ3v) is 4.91. The maximum absolute atomic E-state index is 11.8. The molecule has 0 aliphatic heterocycles. The van der Waals surface area contributed by atoms with Gasteiger partial charge in [-0.15, -0.1) is 0 Å². The molecule has 6 heteroatoms. The van der Waals surface area contributed by atoms with Crippen LogP contribution < -0.4 is 5.73 Å². The molecule has 1 unspecified atom stereocenters. The number of sulfone groups is 1. The smallest absolute Gasteiger partial charge is 0.321 e. The highest BCUT2D eigenvalue weighted by atomic mass is 32.2. The molecule has 1 atom stereocenters. The van der Waals surface area contributed by atoms with Gasteiger partial charge in [-0.3, -0.25) is 4.79 Å². The molecule has 1 rings (SSSR count). The van der Waals surface area contributed by atoms with E-state index in [0.717, 1.165) is 25.7 Å². The lowest BCUT2D eigenvalue weighted by atomic mass is 9.85. The fraction of sp³-hybridized carbons (Fsp3) is 0.917. The van der Waals surface area contributed by atoms with Gasteiger partial charge in [-0.2, -0.15) is 0 Å². The van der Waals surface area contributed by atoms with E-state index in [4.69, 9.17) is 5.73 Å². The molecule has 0 amide bonds. The van der Waals surface area contributed by atoms with E-state index in [1.54, 1.807) is 6.92 Å². The molecular weight excluding hydrogens is 254 g/mol. The molecule has 1 aliphatic carbocycles. The quantitative estimate of drug-likeness (QED) is 0.728. The molecule has 0 aromatic heterocycles. The number of hydrogen-bond donors (Lipinski definition) is 1. The van der Waals surface area contributed by atoms with Crippen molar-refractivity contribution in [3.05, 3.63) is 0 Å². The van der Waals surface area contributed by atoms with E-state index >= 15 is 0 Å². The minimum atomic E-state index is -3.45. The lowest BCUT2D eigenvalue weighted by molar-refractivity contribution is -0.139. The molecule has 0 radical (unpaired) electrons. The summed E-state index contributed by atoms with van der Waals surface area (Å²) in [5.74, 6) is -1.08. The number of carbonyl (C=O) groups is 1. The number of carbonyl (C=O) groups excluding carboxylic acids is 1. The molecule has 0 saturated heterocycles. The Balaban J connectivity index is 2.45. The predicted molar refractivity (Wildman–Crippen MR) is 69.8 cm³/mol. The number of ether oxygens (including phenoxy) is 1. The zero-order valence-electron chi connectivity index (χ0n) is 10.9. The number of esters is 1. The highest BCUT2D eigenvalue weighted by Gasteiger charge is 2.27. The van der Waals surface area contributed by atoms with E-state index in [2.05, 4.69) is 4.74 Å². The van der Waals surface area contributed by atoms with Crippen molar-refractivity contribution in [1.29, 1.82) is 0 Å². The van der Waals surface area contributed by atoms with Crippen LogP contribution in [0.5, 0.6) is 0 Å². The average molecular weight is 277 g/mol. The fourth-order valence-corrected chi connectivity index (χ4v) is 3.85. The minimum absolute atomic E-state index is 0.115. The van der Waals surface area contributed by atoms with E-state index in [0.29, 0.717) is 0 Å². The van der Waals surface area contributed by atoms with Crippen molar-refractivity contribution >= 4 is 15.8 Å². The topological polar surface area (TPSA) is 86.5 Å². The van der Waals surface area contributed by atoms with Crippen molar-refractivity contribution in [2.75, 3.05) is 18.1 Å². The first kappa shape index (κ1) is 15.4. The van der Waals surface area contributed by atoms with Crippen molar-refractivity contribution in [2.24, 2.45) is 11.7 Å². The zero-order chi connectivity index (χ0) is 13.6. The van der Waals surface area contributed by atoms with Gasteiger partial charge in [-0.25, -0.2) is 8.42 Å². The van der Waals surface area contributed by atoms with E-state index in [1.807, 2.05) is 0 Å². The largest absolute Gasteiger partial charge is 0.465 e. The van der Waals surface area contributed by atoms with Gasteiger partial charge in [0, 0.05) is 6.04 Å². The molecule has 1 aliphatic rings. The average Bonchev–Trinajstić information content (AvgIpc) is 2.29. The third-order valence-electron chi connectivity index (χ3n) is 3.34. The fourth-order valence-electron chi connectivity index (χ4n) is 2.43. The highest BCUT2D eigenvalue weighted by Crippen LogP contribution is 2.26. The summed E-state index contributed by atoms with van der Waals surface area (Å²) in [4.78, 5) is 11.2. The first-order valence-electron chi connectivity index (χ1n) is 6.56. The van der Waals surface area contributed by atoms with Crippen LogP contribution in [0.3, 0.4) is 0 Å². The van der Waals surface area contributed by atoms with Crippen LogP contribution in [0.25, 0.3) is 0 Å². The highest BCUT2D eigenvalue weighted by molar-refractivity contribution is 7.92. The molecule has 1 saturated carbocycles. The van der Waals surface area contributed by atoms with E-state index in [1.165, 1.54) is 6.42 Å². The SMILES string of the molecule is CCOC(=O)CS(=O)(=O)CC(N)C1CCCCC1. The van der Waals surface area contributed by atoms with Crippen LogP contribution in [-0.2, 0) is 19.4 Å². The summed E-state index contributed by atoms with van der Waals surface area (Å²) >= 11 is 0. The minimum Gasteiger partial charge on any atom is -0.465 e. The van der Waals surface area contributed by atoms with Crippen molar-refractivity contribution in [3.63, 3.8) is 0 Å². The molecule has 0 bridgehead atoms. The Bertz CT molecular complexity index is 360. The third kappa shape index (κ3) is 5.35. The molecule has 1 fully saturated rings. The molecule has 0 heterocycles. The Morgan fingerprint density at radius 3 is 2.50 bits per heavy atom. The number of rotatable bonds is 6. The van der Waals surface area contributed by atoms with Crippen molar-refractivity contribution in [2.45, 2.75) is 45.1 Å². The van der Waals surface area contributed by atoms with Gasteiger partial charge in [0.25, 0.3) is 0 Å². The van der Waals surface area contributed by atoms with Gasteiger partial charge in [0.05, 0.1) is 12.4 Å². The Morgan fingerprint density at radius 1 is 1.33 bits per heavy atom. The molecule has 0 aromatic rings. The summed E-state index contributed by atoms with van der Waals surface area (Å²) in [6, 6.07) is -0.357. The van der Waals surface area contributed by atoms with Crippen molar-refractivity contribution in [3.8, 4) is 0 Å². The Kier molecular flexibility index (Phi) is 6.08. The van der Waals surface area contributed by atoms with Crippen LogP contribution in [0.1, 0.15) is 39.0 Å². The van der Waals surface area contributed by atoms with Crippen LogP contribution >= 0.6 is 0 Å². The summed E-state index contributed by atoms with van der Waals surface area (Å²) in [6.45, 7) is 1.85. The maximum Gasteiger partial charge on any atom is 0.321 e. The van der Waals surface area contributed by atoms with E-state index < -0.39 is 21.6 Å². The zero-order valence-corrected chi connectivity index (χ0v) is 11.7. The monoisotopic (exact) mass is 277 g/mol. The van der Waals surface area contributed by atoms with E-state index in [-0.39, 0.29) is 24.3 Å². The van der Waals surface area contributed by atoms with Crippen LogP contribution in [0.2, 0.25) is 0 Å². The Morgan fingerprint density at radius 2 is 1.94 bits per heavy atom. The predicted octanol–water partition coefficient (Wildman–Crippen LogP) is 0.872. The molecule has 0 spiro atoms. The Hall–Kier alpha value is -0.620. The van der Waals surface area contributed by atoms with Gasteiger partial charge >= 0.3 is 5.97 Å². The summed E-state index contributed by atoms with van der Waals surface area (Å²) in [6.07, 6.45) is 5.44. The van der Waals surface area contributed by atoms with Gasteiger partial charge in [0.2, 0.25) is 0 Å². The first-order chi connectivity index (χ1) is 8.44. The summed E-state index contributed by atoms with van der Waals surface area (Å²) in [5.41, 5.74) is 5.95. The van der Waals surface area contributed by atoms with Crippen LogP contribution in [0.15, 0.2) is 0 Å². The lowest BCUT2D eigenvalue weighted by Gasteiger charge is -2.27.